The largest absolute Gasteiger partial charge is 0.328 e. The first-order valence-corrected chi connectivity index (χ1v) is 4.72. The highest BCUT2D eigenvalue weighted by Gasteiger charge is 2.07. The Morgan fingerprint density at radius 3 is 2.79 bits per heavy atom. The summed E-state index contributed by atoms with van der Waals surface area (Å²) in [6.45, 7) is 4.28. The minimum absolute atomic E-state index is 0.424. The molecule has 0 atom stereocenters. The number of aromatic nitrogens is 3. The lowest BCUT2D eigenvalue weighted by molar-refractivity contribution is 0.606. The SMILES string of the molecule is CC(C)n1ccnc1-c1cccnc1. The fraction of sp³-hybridized carbons (Fsp3) is 0.273. The Labute approximate surface area is 83.4 Å². The van der Waals surface area contributed by atoms with Gasteiger partial charge in [0.05, 0.1) is 0 Å². The number of hydrogen-bond donors (Lipinski definition) is 0. The molecule has 0 aromatic carbocycles. The molecule has 0 amide bonds. The molecule has 0 saturated carbocycles. The van der Waals surface area contributed by atoms with Crippen molar-refractivity contribution in [1.29, 1.82) is 0 Å². The average Bonchev–Trinajstić information content (AvgIpc) is 2.67. The molecule has 2 aromatic rings. The van der Waals surface area contributed by atoms with Gasteiger partial charge in [0.15, 0.2) is 0 Å². The molecule has 0 saturated heterocycles. The highest BCUT2D eigenvalue weighted by atomic mass is 15.1. The van der Waals surface area contributed by atoms with E-state index in [1.807, 2.05) is 30.7 Å². The lowest BCUT2D eigenvalue weighted by atomic mass is 10.2. The fourth-order valence-corrected chi connectivity index (χ4v) is 1.45. The fourth-order valence-electron chi connectivity index (χ4n) is 1.45. The summed E-state index contributed by atoms with van der Waals surface area (Å²) in [5.74, 6) is 0.980. The first-order valence-electron chi connectivity index (χ1n) is 4.72. The standard InChI is InChI=1S/C11H13N3/c1-9(2)14-7-6-13-11(14)10-4-3-5-12-8-10/h3-9H,1-2H3. The topological polar surface area (TPSA) is 30.7 Å². The minimum Gasteiger partial charge on any atom is -0.328 e. The molecule has 0 N–H and O–H groups in total. The Morgan fingerprint density at radius 1 is 1.29 bits per heavy atom. The van der Waals surface area contributed by atoms with Gasteiger partial charge in [-0.15, -0.1) is 0 Å². The molecule has 0 radical (unpaired) electrons. The summed E-state index contributed by atoms with van der Waals surface area (Å²) < 4.78 is 2.14. The van der Waals surface area contributed by atoms with Gasteiger partial charge in [-0.05, 0) is 26.0 Å². The summed E-state index contributed by atoms with van der Waals surface area (Å²) >= 11 is 0. The Hall–Kier alpha value is -1.64. The average molecular weight is 187 g/mol. The molecular formula is C11H13N3. The van der Waals surface area contributed by atoms with Gasteiger partial charge in [-0.25, -0.2) is 4.98 Å². The Morgan fingerprint density at radius 2 is 2.14 bits per heavy atom. The van der Waals surface area contributed by atoms with Crippen LogP contribution >= 0.6 is 0 Å². The molecule has 0 unspecified atom stereocenters. The molecule has 0 bridgehead atoms. The van der Waals surface area contributed by atoms with Crippen LogP contribution in [0.25, 0.3) is 11.4 Å². The van der Waals surface area contributed by atoms with Gasteiger partial charge in [-0.1, -0.05) is 0 Å². The van der Waals surface area contributed by atoms with Crippen LogP contribution in [0, 0.1) is 0 Å². The zero-order valence-electron chi connectivity index (χ0n) is 8.38. The molecule has 0 aliphatic heterocycles. The number of nitrogens with zero attached hydrogens (tertiary/aromatic N) is 3. The summed E-state index contributed by atoms with van der Waals surface area (Å²) in [7, 11) is 0. The predicted molar refractivity (Wildman–Crippen MR) is 55.8 cm³/mol. The van der Waals surface area contributed by atoms with Gasteiger partial charge >= 0.3 is 0 Å². The summed E-state index contributed by atoms with van der Waals surface area (Å²) in [4.78, 5) is 8.42. The van der Waals surface area contributed by atoms with E-state index in [1.54, 1.807) is 6.20 Å². The summed E-state index contributed by atoms with van der Waals surface area (Å²) in [5, 5.41) is 0. The van der Waals surface area contributed by atoms with Crippen LogP contribution in [0.4, 0.5) is 0 Å². The Kier molecular flexibility index (Phi) is 2.31. The van der Waals surface area contributed by atoms with Gasteiger partial charge in [0.1, 0.15) is 5.82 Å². The second-order valence-electron chi connectivity index (χ2n) is 3.49. The van der Waals surface area contributed by atoms with Gasteiger partial charge < -0.3 is 4.57 Å². The molecule has 72 valence electrons. The van der Waals surface area contributed by atoms with Gasteiger partial charge in [0.2, 0.25) is 0 Å². The van der Waals surface area contributed by atoms with Crippen molar-refractivity contribution in [2.75, 3.05) is 0 Å². The van der Waals surface area contributed by atoms with E-state index >= 15 is 0 Å². The first-order chi connectivity index (χ1) is 6.79. The predicted octanol–water partition coefficient (Wildman–Crippen LogP) is 2.53. The number of imidazole rings is 1. The smallest absolute Gasteiger partial charge is 0.141 e. The van der Waals surface area contributed by atoms with Crippen LogP contribution in [0.1, 0.15) is 19.9 Å². The number of hydrogen-bond acceptors (Lipinski definition) is 2. The monoisotopic (exact) mass is 187 g/mol. The van der Waals surface area contributed by atoms with Gasteiger partial charge in [-0.3, -0.25) is 4.98 Å². The van der Waals surface area contributed by atoms with Gasteiger partial charge in [0.25, 0.3) is 0 Å². The molecule has 0 aliphatic rings. The highest BCUT2D eigenvalue weighted by Crippen LogP contribution is 2.19. The van der Waals surface area contributed by atoms with E-state index in [9.17, 15) is 0 Å². The van der Waals surface area contributed by atoms with Crippen molar-refractivity contribution in [2.45, 2.75) is 19.9 Å². The third kappa shape index (κ3) is 1.53. The van der Waals surface area contributed by atoms with E-state index in [2.05, 4.69) is 28.4 Å². The van der Waals surface area contributed by atoms with E-state index in [1.165, 1.54) is 0 Å². The zero-order chi connectivity index (χ0) is 9.97. The first kappa shape index (κ1) is 8.94. The minimum atomic E-state index is 0.424. The lowest BCUT2D eigenvalue weighted by Crippen LogP contribution is -2.01. The maximum Gasteiger partial charge on any atom is 0.141 e. The van der Waals surface area contributed by atoms with Crippen LogP contribution in [0.5, 0.6) is 0 Å². The van der Waals surface area contributed by atoms with Crippen LogP contribution in [-0.4, -0.2) is 14.5 Å². The van der Waals surface area contributed by atoms with Crippen LogP contribution < -0.4 is 0 Å². The maximum atomic E-state index is 4.33. The molecule has 14 heavy (non-hydrogen) atoms. The summed E-state index contributed by atoms with van der Waals surface area (Å²) in [6.07, 6.45) is 7.42. The lowest BCUT2D eigenvalue weighted by Gasteiger charge is -2.10. The van der Waals surface area contributed by atoms with E-state index in [0.717, 1.165) is 11.4 Å². The van der Waals surface area contributed by atoms with Crippen molar-refractivity contribution < 1.29 is 0 Å². The van der Waals surface area contributed by atoms with Gasteiger partial charge in [-0.2, -0.15) is 0 Å². The van der Waals surface area contributed by atoms with Crippen LogP contribution in [-0.2, 0) is 0 Å². The van der Waals surface area contributed by atoms with Crippen molar-refractivity contribution in [2.24, 2.45) is 0 Å². The number of rotatable bonds is 2. The molecule has 0 aliphatic carbocycles. The zero-order valence-corrected chi connectivity index (χ0v) is 8.38. The molecule has 2 aromatic heterocycles. The molecule has 2 heterocycles. The maximum absolute atomic E-state index is 4.33. The molecule has 3 heteroatoms. The van der Waals surface area contributed by atoms with Crippen LogP contribution in [0.15, 0.2) is 36.9 Å². The normalized spacial score (nSPS) is 10.8. The quantitative estimate of drug-likeness (QED) is 0.723. The van der Waals surface area contributed by atoms with E-state index < -0.39 is 0 Å². The van der Waals surface area contributed by atoms with Crippen molar-refractivity contribution in [1.82, 2.24) is 14.5 Å². The second-order valence-corrected chi connectivity index (χ2v) is 3.49. The molecule has 0 fully saturated rings. The van der Waals surface area contributed by atoms with E-state index in [4.69, 9.17) is 0 Å². The van der Waals surface area contributed by atoms with Crippen molar-refractivity contribution >= 4 is 0 Å². The van der Waals surface area contributed by atoms with Crippen molar-refractivity contribution in [3.05, 3.63) is 36.9 Å². The molecule has 2 rings (SSSR count). The van der Waals surface area contributed by atoms with E-state index in [-0.39, 0.29) is 0 Å². The molecular weight excluding hydrogens is 174 g/mol. The third-order valence-corrected chi connectivity index (χ3v) is 2.14. The van der Waals surface area contributed by atoms with Gasteiger partial charge in [0, 0.05) is 36.4 Å². The second kappa shape index (κ2) is 3.62. The molecule has 0 spiro atoms. The van der Waals surface area contributed by atoms with E-state index in [0.29, 0.717) is 6.04 Å². The highest BCUT2D eigenvalue weighted by molar-refractivity contribution is 5.53. The Balaban J connectivity index is 2.47. The summed E-state index contributed by atoms with van der Waals surface area (Å²) in [6, 6.07) is 4.37. The Bertz CT molecular complexity index is 403. The third-order valence-electron chi connectivity index (χ3n) is 2.14. The van der Waals surface area contributed by atoms with Crippen LogP contribution in [0.2, 0.25) is 0 Å². The summed E-state index contributed by atoms with van der Waals surface area (Å²) in [5.41, 5.74) is 1.06. The number of pyridine rings is 1. The molecule has 3 nitrogen and oxygen atoms in total. The van der Waals surface area contributed by atoms with Crippen molar-refractivity contribution in [3.63, 3.8) is 0 Å². The van der Waals surface area contributed by atoms with Crippen molar-refractivity contribution in [3.8, 4) is 11.4 Å². The van der Waals surface area contributed by atoms with Crippen LogP contribution in [0.3, 0.4) is 0 Å².